The number of carbonyl (C=O) groups is 2. The molecule has 4 saturated carbocycles. The van der Waals surface area contributed by atoms with Crippen LogP contribution in [0.2, 0.25) is 0 Å². The van der Waals surface area contributed by atoms with Gasteiger partial charge in [0, 0.05) is 56.1 Å². The summed E-state index contributed by atoms with van der Waals surface area (Å²) < 4.78 is 18.1. The number of piperidine rings is 2. The minimum absolute atomic E-state index is 0.0920. The monoisotopic (exact) mass is 593 g/mol. The molecule has 5 N–H and O–H groups in total. The van der Waals surface area contributed by atoms with Gasteiger partial charge < -0.3 is 39.7 Å². The Kier molecular flexibility index (Phi) is 6.22. The molecule has 3 heterocycles. The maximum Gasteiger partial charge on any atom is 0.303 e. The van der Waals surface area contributed by atoms with Gasteiger partial charge >= 0.3 is 11.9 Å². The summed E-state index contributed by atoms with van der Waals surface area (Å²) in [5.74, 6) is -5.82. The smallest absolute Gasteiger partial charge is 0.303 e. The Balaban J connectivity index is 1.37. The lowest BCUT2D eigenvalue weighted by atomic mass is 9.49. The van der Waals surface area contributed by atoms with Gasteiger partial charge in [0.2, 0.25) is 5.79 Å². The Labute approximate surface area is 246 Å². The summed E-state index contributed by atoms with van der Waals surface area (Å²) in [6.45, 7) is 9.84. The van der Waals surface area contributed by atoms with Gasteiger partial charge in [0.25, 0.3) is 0 Å². The summed E-state index contributed by atoms with van der Waals surface area (Å²) in [5.41, 5.74) is -5.19. The zero-order valence-electron chi connectivity index (χ0n) is 25.2. The van der Waals surface area contributed by atoms with Gasteiger partial charge in [-0.25, -0.2) is 0 Å². The molecule has 3 aliphatic heterocycles. The number of fused-ring (bicyclic) bond motifs is 5. The van der Waals surface area contributed by atoms with E-state index in [4.69, 9.17) is 14.2 Å². The fraction of sp³-hybridized carbons (Fsp3) is 0.935. The first-order valence-electron chi connectivity index (χ1n) is 15.8. The van der Waals surface area contributed by atoms with Crippen LogP contribution in [0.15, 0.2) is 0 Å². The highest BCUT2D eigenvalue weighted by atomic mass is 16.7. The van der Waals surface area contributed by atoms with Crippen LogP contribution in [-0.4, -0.2) is 109 Å². The number of hydrogen-bond donors (Lipinski definition) is 5. The van der Waals surface area contributed by atoms with E-state index >= 15 is 0 Å². The first-order valence-corrected chi connectivity index (χ1v) is 15.8. The van der Waals surface area contributed by atoms with Crippen molar-refractivity contribution in [3.63, 3.8) is 0 Å². The average Bonchev–Trinajstić information content (AvgIpc) is 3.16. The quantitative estimate of drug-likeness (QED) is 0.280. The zero-order chi connectivity index (χ0) is 30.4. The van der Waals surface area contributed by atoms with E-state index in [9.17, 15) is 35.1 Å². The van der Waals surface area contributed by atoms with Crippen molar-refractivity contribution in [2.24, 2.45) is 40.9 Å². The van der Waals surface area contributed by atoms with Crippen molar-refractivity contribution in [1.29, 1.82) is 0 Å². The predicted octanol–water partition coefficient (Wildman–Crippen LogP) is 0.328. The van der Waals surface area contributed by atoms with E-state index < -0.39 is 93.9 Å². The van der Waals surface area contributed by atoms with E-state index in [1.54, 1.807) is 6.92 Å². The first kappa shape index (κ1) is 29.4. The maximum absolute atomic E-state index is 12.9. The SMILES string of the molecule is CC(=O)OC1C2C(CN3CC(C)CCC3C2(C)O)C2CC34OC5(O)C(OC(C)=O)CCC3(C)C5CC(O)C4[C@]2(O)[C@H]1O. The molecule has 11 heteroatoms. The van der Waals surface area contributed by atoms with Crippen LogP contribution in [0.1, 0.15) is 73.1 Å². The molecular weight excluding hydrogens is 546 g/mol. The van der Waals surface area contributed by atoms with Gasteiger partial charge in [-0.15, -0.1) is 0 Å². The van der Waals surface area contributed by atoms with Gasteiger partial charge in [0.05, 0.1) is 17.3 Å². The summed E-state index contributed by atoms with van der Waals surface area (Å²) in [7, 11) is 0. The van der Waals surface area contributed by atoms with Crippen LogP contribution in [0, 0.1) is 40.9 Å². The third-order valence-corrected chi connectivity index (χ3v) is 13.4. The Bertz CT molecular complexity index is 1180. The van der Waals surface area contributed by atoms with Crippen LogP contribution in [0.5, 0.6) is 0 Å². The number of esters is 2. The topological polar surface area (TPSA) is 166 Å². The highest BCUT2D eigenvalue weighted by molar-refractivity contribution is 5.66. The number of ether oxygens (including phenoxy) is 3. The van der Waals surface area contributed by atoms with Crippen molar-refractivity contribution < 1.29 is 49.3 Å². The second kappa shape index (κ2) is 8.89. The first-order chi connectivity index (χ1) is 19.5. The van der Waals surface area contributed by atoms with E-state index in [-0.39, 0.29) is 18.9 Å². The Hall–Kier alpha value is -1.34. The predicted molar refractivity (Wildman–Crippen MR) is 145 cm³/mol. The van der Waals surface area contributed by atoms with Crippen molar-refractivity contribution in [2.75, 3.05) is 13.1 Å². The molecule has 0 aromatic heterocycles. The molecule has 42 heavy (non-hydrogen) atoms. The van der Waals surface area contributed by atoms with Crippen molar-refractivity contribution in [3.8, 4) is 0 Å². The van der Waals surface area contributed by atoms with E-state index in [0.29, 0.717) is 25.3 Å². The standard InChI is InChI=1S/C31H47NO10/c1-14-6-7-21-28(5,37)23-17(13-32(21)12-14)18-11-29-25(30(18,38)26(36)24(23)41-16(3)34)19(35)10-20-27(29,4)9-8-22(40-15(2)33)31(20,39)42-29/h14,17-26,35-39H,6-13H2,1-5H3/t14?,17?,18?,19?,20?,21?,22?,23?,24?,25?,26-,27?,28?,29?,30-,31?/m0/s1. The Morgan fingerprint density at radius 2 is 1.67 bits per heavy atom. The maximum atomic E-state index is 12.9. The second-order valence-electron chi connectivity index (χ2n) is 15.4. The van der Waals surface area contributed by atoms with Crippen LogP contribution in [-0.2, 0) is 23.8 Å². The summed E-state index contributed by atoms with van der Waals surface area (Å²) in [6.07, 6.45) is -1.91. The van der Waals surface area contributed by atoms with E-state index in [2.05, 4.69) is 11.8 Å². The summed E-state index contributed by atoms with van der Waals surface area (Å²) in [6, 6.07) is -0.187. The van der Waals surface area contributed by atoms with Crippen molar-refractivity contribution in [3.05, 3.63) is 0 Å². The second-order valence-corrected chi connectivity index (χ2v) is 15.4. The molecule has 1 spiro atoms. The number of aliphatic hydroxyl groups is 5. The minimum Gasteiger partial charge on any atom is -0.459 e. The zero-order valence-corrected chi connectivity index (χ0v) is 25.2. The third-order valence-electron chi connectivity index (χ3n) is 13.4. The van der Waals surface area contributed by atoms with Crippen molar-refractivity contribution >= 4 is 11.9 Å². The molecule has 7 fully saturated rings. The fourth-order valence-electron chi connectivity index (χ4n) is 12.0. The number of carbonyl (C=O) groups excluding carboxylic acids is 2. The number of hydrogen-bond acceptors (Lipinski definition) is 11. The van der Waals surface area contributed by atoms with Crippen LogP contribution in [0.3, 0.4) is 0 Å². The molecule has 11 nitrogen and oxygen atoms in total. The van der Waals surface area contributed by atoms with E-state index in [1.165, 1.54) is 13.8 Å². The van der Waals surface area contributed by atoms with E-state index in [1.807, 2.05) is 6.92 Å². The summed E-state index contributed by atoms with van der Waals surface area (Å²) >= 11 is 0. The normalized spacial score (nSPS) is 59.6. The highest BCUT2D eigenvalue weighted by Gasteiger charge is 2.87. The lowest BCUT2D eigenvalue weighted by molar-refractivity contribution is -0.298. The molecule has 3 saturated heterocycles. The van der Waals surface area contributed by atoms with Crippen LogP contribution < -0.4 is 0 Å². The van der Waals surface area contributed by atoms with E-state index in [0.717, 1.165) is 19.4 Å². The number of aliphatic hydroxyl groups excluding tert-OH is 2. The molecule has 7 rings (SSSR count). The summed E-state index contributed by atoms with van der Waals surface area (Å²) in [4.78, 5) is 26.7. The molecule has 16 atom stereocenters. The van der Waals surface area contributed by atoms with Crippen LogP contribution in [0.4, 0.5) is 0 Å². The van der Waals surface area contributed by atoms with Gasteiger partial charge in [0.15, 0.2) is 6.10 Å². The van der Waals surface area contributed by atoms with Gasteiger partial charge in [-0.05, 0) is 63.2 Å². The lowest BCUT2D eigenvalue weighted by Crippen LogP contribution is -2.77. The minimum atomic E-state index is -1.93. The lowest BCUT2D eigenvalue weighted by Gasteiger charge is -2.64. The van der Waals surface area contributed by atoms with Crippen LogP contribution >= 0.6 is 0 Å². The molecular formula is C31H47NO10. The molecule has 4 aliphatic carbocycles. The van der Waals surface area contributed by atoms with Gasteiger partial charge in [-0.3, -0.25) is 14.5 Å². The Morgan fingerprint density at radius 1 is 0.976 bits per heavy atom. The molecule has 4 bridgehead atoms. The number of nitrogens with zero attached hydrogens (tertiary/aromatic N) is 1. The summed E-state index contributed by atoms with van der Waals surface area (Å²) in [5, 5.41) is 61.2. The fourth-order valence-corrected chi connectivity index (χ4v) is 12.0. The molecule has 0 radical (unpaired) electrons. The van der Waals surface area contributed by atoms with Crippen molar-refractivity contribution in [1.82, 2.24) is 4.90 Å². The van der Waals surface area contributed by atoms with Gasteiger partial charge in [0.1, 0.15) is 17.8 Å². The highest BCUT2D eigenvalue weighted by Crippen LogP contribution is 2.77. The van der Waals surface area contributed by atoms with Crippen LogP contribution in [0.25, 0.3) is 0 Å². The van der Waals surface area contributed by atoms with Gasteiger partial charge in [-0.1, -0.05) is 13.8 Å². The third kappa shape index (κ3) is 3.36. The molecule has 0 aromatic carbocycles. The van der Waals surface area contributed by atoms with Gasteiger partial charge in [-0.2, -0.15) is 0 Å². The number of rotatable bonds is 2. The molecule has 7 aliphatic rings. The molecule has 0 aromatic rings. The van der Waals surface area contributed by atoms with Crippen molar-refractivity contribution in [2.45, 2.75) is 126 Å². The Morgan fingerprint density at radius 3 is 2.33 bits per heavy atom. The molecule has 0 amide bonds. The molecule has 236 valence electrons. The molecule has 14 unspecified atom stereocenters. The average molecular weight is 594 g/mol. The largest absolute Gasteiger partial charge is 0.459 e.